The first-order chi connectivity index (χ1) is 13.7. The molecule has 2 heterocycles. The van der Waals surface area contributed by atoms with Crippen LogP contribution in [0.15, 0.2) is 85.2 Å². The molecule has 0 radical (unpaired) electrons. The first-order valence-electron chi connectivity index (χ1n) is 9.11. The molecule has 138 valence electrons. The van der Waals surface area contributed by atoms with Crippen LogP contribution in [0.25, 0.3) is 11.3 Å². The molecule has 4 rings (SSSR count). The van der Waals surface area contributed by atoms with Crippen LogP contribution in [-0.2, 0) is 6.54 Å². The maximum Gasteiger partial charge on any atom is 0.280 e. The van der Waals surface area contributed by atoms with Gasteiger partial charge in [-0.3, -0.25) is 9.78 Å². The van der Waals surface area contributed by atoms with Crippen LogP contribution in [0.5, 0.6) is 0 Å². The van der Waals surface area contributed by atoms with E-state index in [1.54, 1.807) is 24.5 Å². The molecule has 0 saturated carbocycles. The van der Waals surface area contributed by atoms with Gasteiger partial charge in [-0.25, -0.2) is 0 Å². The minimum atomic E-state index is -0.178. The standard InChI is InChI=1S/C23H20N4O/c1-17-8-5-6-11-19(17)16-25-22-14-21(20-12-7-13-24-15-20)26-27(22)23(28)18-9-3-2-4-10-18/h2-15,25H,16H2,1H3. The highest BCUT2D eigenvalue weighted by Crippen LogP contribution is 2.23. The number of benzene rings is 2. The van der Waals surface area contributed by atoms with E-state index in [0.29, 0.717) is 23.6 Å². The number of carbonyl (C=O) groups is 1. The smallest absolute Gasteiger partial charge is 0.280 e. The van der Waals surface area contributed by atoms with Gasteiger partial charge in [0, 0.05) is 36.1 Å². The molecule has 2 aromatic heterocycles. The molecule has 0 bridgehead atoms. The number of nitrogens with one attached hydrogen (secondary N) is 1. The Balaban J connectivity index is 1.70. The van der Waals surface area contributed by atoms with Gasteiger partial charge in [-0.15, -0.1) is 0 Å². The highest BCUT2D eigenvalue weighted by atomic mass is 16.2. The molecule has 0 atom stereocenters. The van der Waals surface area contributed by atoms with E-state index in [1.165, 1.54) is 15.8 Å². The second-order valence-electron chi connectivity index (χ2n) is 6.52. The number of rotatable bonds is 5. The van der Waals surface area contributed by atoms with Gasteiger partial charge in [0.1, 0.15) is 5.82 Å². The van der Waals surface area contributed by atoms with Crippen molar-refractivity contribution in [3.05, 3.63) is 102 Å². The lowest BCUT2D eigenvalue weighted by Crippen LogP contribution is -2.17. The molecular formula is C23H20N4O. The highest BCUT2D eigenvalue weighted by molar-refractivity contribution is 5.97. The third kappa shape index (κ3) is 3.69. The molecule has 4 aromatic rings. The average molecular weight is 368 g/mol. The van der Waals surface area contributed by atoms with E-state index in [9.17, 15) is 4.79 Å². The Bertz CT molecular complexity index is 1090. The number of anilines is 1. The maximum absolute atomic E-state index is 13.0. The van der Waals surface area contributed by atoms with Crippen molar-refractivity contribution in [2.45, 2.75) is 13.5 Å². The summed E-state index contributed by atoms with van der Waals surface area (Å²) in [5.41, 5.74) is 4.52. The molecule has 0 amide bonds. The molecule has 0 saturated heterocycles. The van der Waals surface area contributed by atoms with Gasteiger partial charge in [0.05, 0.1) is 5.69 Å². The van der Waals surface area contributed by atoms with Crippen LogP contribution in [-0.4, -0.2) is 20.7 Å². The Labute approximate surface area is 163 Å². The second kappa shape index (κ2) is 7.88. The number of aryl methyl sites for hydroxylation is 1. The van der Waals surface area contributed by atoms with Crippen molar-refractivity contribution in [3.63, 3.8) is 0 Å². The predicted octanol–water partition coefficient (Wildman–Crippen LogP) is 4.55. The van der Waals surface area contributed by atoms with E-state index in [4.69, 9.17) is 0 Å². The SMILES string of the molecule is Cc1ccccc1CNc1cc(-c2cccnc2)nn1C(=O)c1ccccc1. The summed E-state index contributed by atoms with van der Waals surface area (Å²) < 4.78 is 1.43. The third-order valence-corrected chi connectivity index (χ3v) is 4.60. The first-order valence-corrected chi connectivity index (χ1v) is 9.11. The summed E-state index contributed by atoms with van der Waals surface area (Å²) in [4.78, 5) is 17.2. The number of carbonyl (C=O) groups excluding carboxylic acids is 1. The van der Waals surface area contributed by atoms with Crippen molar-refractivity contribution < 1.29 is 4.79 Å². The normalized spacial score (nSPS) is 10.6. The van der Waals surface area contributed by atoms with Gasteiger partial charge in [0.25, 0.3) is 5.91 Å². The van der Waals surface area contributed by atoms with E-state index < -0.39 is 0 Å². The molecular weight excluding hydrogens is 348 g/mol. The minimum Gasteiger partial charge on any atom is -0.366 e. The molecule has 0 aliphatic rings. The van der Waals surface area contributed by atoms with Crippen molar-refractivity contribution in [3.8, 4) is 11.3 Å². The van der Waals surface area contributed by atoms with E-state index in [2.05, 4.69) is 34.5 Å². The van der Waals surface area contributed by atoms with E-state index in [1.807, 2.05) is 48.5 Å². The van der Waals surface area contributed by atoms with Crippen LogP contribution in [0.1, 0.15) is 21.5 Å². The fourth-order valence-electron chi connectivity index (χ4n) is 3.01. The first kappa shape index (κ1) is 17.7. The maximum atomic E-state index is 13.0. The van der Waals surface area contributed by atoms with Crippen LogP contribution in [0.3, 0.4) is 0 Å². The second-order valence-corrected chi connectivity index (χ2v) is 6.52. The third-order valence-electron chi connectivity index (χ3n) is 4.60. The van der Waals surface area contributed by atoms with Gasteiger partial charge in [0.2, 0.25) is 0 Å². The Morgan fingerprint density at radius 2 is 1.79 bits per heavy atom. The molecule has 0 aliphatic heterocycles. The Kier molecular flexibility index (Phi) is 4.97. The van der Waals surface area contributed by atoms with Crippen LogP contribution < -0.4 is 5.32 Å². The van der Waals surface area contributed by atoms with Crippen molar-refractivity contribution in [1.29, 1.82) is 0 Å². The van der Waals surface area contributed by atoms with Crippen LogP contribution in [0.2, 0.25) is 0 Å². The topological polar surface area (TPSA) is 59.8 Å². The molecule has 5 nitrogen and oxygen atoms in total. The lowest BCUT2D eigenvalue weighted by Gasteiger charge is -2.10. The monoisotopic (exact) mass is 368 g/mol. The number of aromatic nitrogens is 3. The highest BCUT2D eigenvalue weighted by Gasteiger charge is 2.17. The molecule has 28 heavy (non-hydrogen) atoms. The van der Waals surface area contributed by atoms with Crippen LogP contribution in [0.4, 0.5) is 5.82 Å². The van der Waals surface area contributed by atoms with Gasteiger partial charge in [-0.2, -0.15) is 9.78 Å². The van der Waals surface area contributed by atoms with E-state index in [-0.39, 0.29) is 5.91 Å². The molecule has 2 aromatic carbocycles. The van der Waals surface area contributed by atoms with E-state index in [0.717, 1.165) is 5.56 Å². The Morgan fingerprint density at radius 3 is 2.54 bits per heavy atom. The van der Waals surface area contributed by atoms with Gasteiger partial charge in [-0.1, -0.05) is 42.5 Å². The predicted molar refractivity (Wildman–Crippen MR) is 110 cm³/mol. The zero-order valence-corrected chi connectivity index (χ0v) is 15.5. The number of nitrogens with zero attached hydrogens (tertiary/aromatic N) is 3. The Hall–Kier alpha value is -3.73. The molecule has 1 N–H and O–H groups in total. The van der Waals surface area contributed by atoms with Crippen molar-refractivity contribution >= 4 is 11.7 Å². The van der Waals surface area contributed by atoms with Gasteiger partial charge >= 0.3 is 0 Å². The summed E-state index contributed by atoms with van der Waals surface area (Å²) >= 11 is 0. The molecule has 0 unspecified atom stereocenters. The number of pyridine rings is 1. The van der Waals surface area contributed by atoms with Crippen molar-refractivity contribution in [1.82, 2.24) is 14.8 Å². The summed E-state index contributed by atoms with van der Waals surface area (Å²) in [5.74, 6) is 0.471. The molecule has 5 heteroatoms. The zero-order valence-electron chi connectivity index (χ0n) is 15.5. The average Bonchev–Trinajstić information content (AvgIpc) is 3.18. The number of hydrogen-bond donors (Lipinski definition) is 1. The lowest BCUT2D eigenvalue weighted by molar-refractivity contribution is 0.0948. The van der Waals surface area contributed by atoms with Crippen LogP contribution in [0, 0.1) is 6.92 Å². The summed E-state index contributed by atoms with van der Waals surface area (Å²) in [5, 5.41) is 7.93. The van der Waals surface area contributed by atoms with Gasteiger partial charge < -0.3 is 5.32 Å². The van der Waals surface area contributed by atoms with Gasteiger partial charge in [-0.05, 0) is 42.3 Å². The van der Waals surface area contributed by atoms with Gasteiger partial charge in [0.15, 0.2) is 0 Å². The van der Waals surface area contributed by atoms with E-state index >= 15 is 0 Å². The van der Waals surface area contributed by atoms with Crippen molar-refractivity contribution in [2.75, 3.05) is 5.32 Å². The molecule has 0 spiro atoms. The lowest BCUT2D eigenvalue weighted by atomic mass is 10.1. The fraction of sp³-hybridized carbons (Fsp3) is 0.0870. The van der Waals surface area contributed by atoms with Crippen LogP contribution >= 0.6 is 0 Å². The zero-order chi connectivity index (χ0) is 19.3. The summed E-state index contributed by atoms with van der Waals surface area (Å²) in [6, 6.07) is 23.0. The van der Waals surface area contributed by atoms with Crippen molar-refractivity contribution in [2.24, 2.45) is 0 Å². The molecule has 0 aliphatic carbocycles. The quantitative estimate of drug-likeness (QED) is 0.561. The minimum absolute atomic E-state index is 0.178. The summed E-state index contributed by atoms with van der Waals surface area (Å²) in [6.07, 6.45) is 3.46. The largest absolute Gasteiger partial charge is 0.366 e. The Morgan fingerprint density at radius 1 is 1.00 bits per heavy atom. The number of hydrogen-bond acceptors (Lipinski definition) is 4. The fourth-order valence-corrected chi connectivity index (χ4v) is 3.01. The molecule has 0 fully saturated rings. The summed E-state index contributed by atoms with van der Waals surface area (Å²) in [6.45, 7) is 2.68. The summed E-state index contributed by atoms with van der Waals surface area (Å²) in [7, 11) is 0.